The summed E-state index contributed by atoms with van der Waals surface area (Å²) in [6.45, 7) is 3.51. The molecule has 0 N–H and O–H groups in total. The smallest absolute Gasteiger partial charge is 0.241 e. The Labute approximate surface area is 166 Å². The molecule has 0 unspecified atom stereocenters. The van der Waals surface area contributed by atoms with Crippen LogP contribution in [0.3, 0.4) is 0 Å². The number of methoxy groups -OCH3 is 2. The number of benzene rings is 2. The average molecular weight is 380 g/mol. The molecule has 148 valence electrons. The molecule has 0 saturated carbocycles. The number of nitrogens with zero attached hydrogens (tertiary/aromatic N) is 2. The van der Waals surface area contributed by atoms with E-state index in [1.807, 2.05) is 29.2 Å². The first-order chi connectivity index (χ1) is 13.6. The molecule has 0 radical (unpaired) electrons. The van der Waals surface area contributed by atoms with Crippen LogP contribution in [0.4, 0.5) is 5.69 Å². The maximum absolute atomic E-state index is 13.2. The van der Waals surface area contributed by atoms with Gasteiger partial charge in [0.15, 0.2) is 11.5 Å². The van der Waals surface area contributed by atoms with Gasteiger partial charge in [-0.05, 0) is 62.1 Å². The van der Waals surface area contributed by atoms with E-state index in [-0.39, 0.29) is 18.0 Å². The summed E-state index contributed by atoms with van der Waals surface area (Å²) >= 11 is 0. The Morgan fingerprint density at radius 1 is 1.11 bits per heavy atom. The Morgan fingerprint density at radius 3 is 2.68 bits per heavy atom. The van der Waals surface area contributed by atoms with Crippen LogP contribution >= 0.6 is 0 Å². The number of carbonyl (C=O) groups excluding carboxylic acids is 1. The topological polar surface area (TPSA) is 42.0 Å². The summed E-state index contributed by atoms with van der Waals surface area (Å²) in [6, 6.07) is 14.8. The predicted molar refractivity (Wildman–Crippen MR) is 110 cm³/mol. The van der Waals surface area contributed by atoms with E-state index in [4.69, 9.17) is 9.47 Å². The van der Waals surface area contributed by atoms with E-state index in [9.17, 15) is 4.79 Å². The first-order valence-electron chi connectivity index (χ1n) is 9.98. The lowest BCUT2D eigenvalue weighted by atomic mass is 10.0. The molecule has 2 aliphatic rings. The molecule has 0 aromatic heterocycles. The SMILES string of the molecule is COc1ccc([C@H]2CCCN2CC(=O)N2c3ccccc3C[C@@H]2C)cc1OC. The van der Waals surface area contributed by atoms with Crippen LogP contribution in [0, 0.1) is 0 Å². The van der Waals surface area contributed by atoms with Gasteiger partial charge in [-0.25, -0.2) is 0 Å². The predicted octanol–water partition coefficient (Wildman–Crippen LogP) is 3.82. The number of ether oxygens (including phenoxy) is 2. The number of fused-ring (bicyclic) bond motifs is 1. The van der Waals surface area contributed by atoms with Crippen molar-refractivity contribution < 1.29 is 14.3 Å². The summed E-state index contributed by atoms with van der Waals surface area (Å²) in [4.78, 5) is 17.5. The summed E-state index contributed by atoms with van der Waals surface area (Å²) < 4.78 is 10.8. The van der Waals surface area contributed by atoms with E-state index in [0.717, 1.165) is 43.0 Å². The van der Waals surface area contributed by atoms with E-state index < -0.39 is 0 Å². The largest absolute Gasteiger partial charge is 0.493 e. The van der Waals surface area contributed by atoms with Crippen molar-refractivity contribution in [3.63, 3.8) is 0 Å². The molecule has 2 heterocycles. The molecular formula is C23H28N2O3. The Hall–Kier alpha value is -2.53. The Balaban J connectivity index is 1.53. The average Bonchev–Trinajstić information content (AvgIpc) is 3.30. The maximum Gasteiger partial charge on any atom is 0.241 e. The lowest BCUT2D eigenvalue weighted by Gasteiger charge is -2.29. The molecule has 2 atom stereocenters. The van der Waals surface area contributed by atoms with Gasteiger partial charge in [0, 0.05) is 17.8 Å². The van der Waals surface area contributed by atoms with Crippen LogP contribution in [0.15, 0.2) is 42.5 Å². The number of likely N-dealkylation sites (tertiary alicyclic amines) is 1. The second-order valence-corrected chi connectivity index (χ2v) is 7.69. The van der Waals surface area contributed by atoms with Crippen LogP contribution in [0.25, 0.3) is 0 Å². The van der Waals surface area contributed by atoms with Gasteiger partial charge in [-0.15, -0.1) is 0 Å². The van der Waals surface area contributed by atoms with Crippen molar-refractivity contribution in [2.45, 2.75) is 38.3 Å². The summed E-state index contributed by atoms with van der Waals surface area (Å²) in [7, 11) is 3.30. The number of carbonyl (C=O) groups is 1. The number of rotatable bonds is 5. The molecule has 4 rings (SSSR count). The summed E-state index contributed by atoms with van der Waals surface area (Å²) in [6.07, 6.45) is 3.08. The molecule has 5 heteroatoms. The van der Waals surface area contributed by atoms with Crippen molar-refractivity contribution in [3.8, 4) is 11.5 Å². The van der Waals surface area contributed by atoms with Crippen molar-refractivity contribution in [1.82, 2.24) is 4.90 Å². The maximum atomic E-state index is 13.2. The summed E-state index contributed by atoms with van der Waals surface area (Å²) in [5, 5.41) is 0. The molecule has 28 heavy (non-hydrogen) atoms. The zero-order valence-electron chi connectivity index (χ0n) is 16.9. The van der Waals surface area contributed by atoms with Gasteiger partial charge in [0.05, 0.1) is 20.8 Å². The molecule has 1 fully saturated rings. The first kappa shape index (κ1) is 18.8. The number of hydrogen-bond donors (Lipinski definition) is 0. The van der Waals surface area contributed by atoms with Crippen LogP contribution in [0.5, 0.6) is 11.5 Å². The highest BCUT2D eigenvalue weighted by atomic mass is 16.5. The van der Waals surface area contributed by atoms with Crippen LogP contribution in [0.1, 0.15) is 36.9 Å². The second kappa shape index (κ2) is 7.84. The van der Waals surface area contributed by atoms with Gasteiger partial charge >= 0.3 is 0 Å². The fraction of sp³-hybridized carbons (Fsp3) is 0.435. The third-order valence-corrected chi connectivity index (χ3v) is 5.97. The Kier molecular flexibility index (Phi) is 5.27. The molecule has 0 spiro atoms. The van der Waals surface area contributed by atoms with Crippen LogP contribution in [-0.4, -0.2) is 44.2 Å². The zero-order chi connectivity index (χ0) is 19.7. The highest BCUT2D eigenvalue weighted by molar-refractivity contribution is 5.97. The second-order valence-electron chi connectivity index (χ2n) is 7.69. The Morgan fingerprint density at radius 2 is 1.89 bits per heavy atom. The quantitative estimate of drug-likeness (QED) is 0.791. The zero-order valence-corrected chi connectivity index (χ0v) is 16.9. The van der Waals surface area contributed by atoms with Gasteiger partial charge < -0.3 is 14.4 Å². The van der Waals surface area contributed by atoms with E-state index in [1.165, 1.54) is 11.1 Å². The van der Waals surface area contributed by atoms with Crippen molar-refractivity contribution in [3.05, 3.63) is 53.6 Å². The van der Waals surface area contributed by atoms with Crippen molar-refractivity contribution >= 4 is 11.6 Å². The third-order valence-electron chi connectivity index (χ3n) is 5.97. The highest BCUT2D eigenvalue weighted by Gasteiger charge is 2.34. The van der Waals surface area contributed by atoms with Crippen LogP contribution in [0.2, 0.25) is 0 Å². The number of amides is 1. The molecule has 5 nitrogen and oxygen atoms in total. The van der Waals surface area contributed by atoms with Crippen molar-refractivity contribution in [2.24, 2.45) is 0 Å². The first-order valence-corrected chi connectivity index (χ1v) is 9.98. The third kappa shape index (κ3) is 3.35. The fourth-order valence-electron chi connectivity index (χ4n) is 4.65. The van der Waals surface area contributed by atoms with Gasteiger partial charge in [0.1, 0.15) is 0 Å². The van der Waals surface area contributed by atoms with Crippen molar-refractivity contribution in [2.75, 3.05) is 32.2 Å². The molecular weight excluding hydrogens is 352 g/mol. The molecule has 0 aliphatic carbocycles. The van der Waals surface area contributed by atoms with E-state index >= 15 is 0 Å². The highest BCUT2D eigenvalue weighted by Crippen LogP contribution is 2.37. The van der Waals surface area contributed by atoms with Gasteiger partial charge in [0.2, 0.25) is 5.91 Å². The molecule has 1 amide bonds. The lowest BCUT2D eigenvalue weighted by molar-refractivity contribution is -0.120. The normalized spacial score (nSPS) is 21.6. The van der Waals surface area contributed by atoms with Gasteiger partial charge in [-0.1, -0.05) is 24.3 Å². The minimum atomic E-state index is 0.185. The van der Waals surface area contributed by atoms with Gasteiger partial charge in [-0.3, -0.25) is 9.69 Å². The van der Waals surface area contributed by atoms with Crippen LogP contribution < -0.4 is 14.4 Å². The summed E-state index contributed by atoms with van der Waals surface area (Å²) in [5.74, 6) is 1.65. The molecule has 0 bridgehead atoms. The monoisotopic (exact) mass is 380 g/mol. The number of hydrogen-bond acceptors (Lipinski definition) is 4. The summed E-state index contributed by atoms with van der Waals surface area (Å²) in [5.41, 5.74) is 3.51. The van der Waals surface area contributed by atoms with E-state index in [0.29, 0.717) is 6.54 Å². The van der Waals surface area contributed by atoms with Crippen molar-refractivity contribution in [1.29, 1.82) is 0 Å². The fourth-order valence-corrected chi connectivity index (χ4v) is 4.65. The van der Waals surface area contributed by atoms with Gasteiger partial charge in [-0.2, -0.15) is 0 Å². The number of anilines is 1. The van der Waals surface area contributed by atoms with Crippen LogP contribution in [-0.2, 0) is 11.2 Å². The van der Waals surface area contributed by atoms with E-state index in [1.54, 1.807) is 14.2 Å². The molecule has 2 aromatic carbocycles. The number of para-hydroxylation sites is 1. The molecule has 2 aliphatic heterocycles. The lowest BCUT2D eigenvalue weighted by Crippen LogP contribution is -2.43. The minimum Gasteiger partial charge on any atom is -0.493 e. The minimum absolute atomic E-state index is 0.185. The standard InChI is InChI=1S/C23H28N2O3/c1-16-13-17-7-4-5-8-20(17)25(16)23(26)15-24-12-6-9-19(24)18-10-11-21(27-2)22(14-18)28-3/h4-5,7-8,10-11,14,16,19H,6,9,12-13,15H2,1-3H3/t16-,19+/m0/s1. The molecule has 1 saturated heterocycles. The molecule has 2 aromatic rings. The van der Waals surface area contributed by atoms with Gasteiger partial charge in [0.25, 0.3) is 0 Å². The van der Waals surface area contributed by atoms with E-state index in [2.05, 4.69) is 30.0 Å². The Bertz CT molecular complexity index is 867.